The molecule has 3 rings (SSSR count). The summed E-state index contributed by atoms with van der Waals surface area (Å²) in [6.07, 6.45) is 8.23. The van der Waals surface area contributed by atoms with E-state index in [4.69, 9.17) is 0 Å². The fourth-order valence-corrected chi connectivity index (χ4v) is 3.97. The molecule has 5 heteroatoms. The lowest BCUT2D eigenvalue weighted by atomic mass is 9.80. The van der Waals surface area contributed by atoms with E-state index in [0.29, 0.717) is 0 Å². The summed E-state index contributed by atoms with van der Waals surface area (Å²) in [7, 11) is 4.40. The van der Waals surface area contributed by atoms with Crippen LogP contribution in [0.3, 0.4) is 0 Å². The molecule has 0 unspecified atom stereocenters. The number of fused-ring (bicyclic) bond motifs is 1. The molecule has 0 atom stereocenters. The van der Waals surface area contributed by atoms with Crippen LogP contribution in [0.15, 0.2) is 17.8 Å². The second-order valence-corrected chi connectivity index (χ2v) is 6.81. The quantitative estimate of drug-likeness (QED) is 0.937. The Balaban J connectivity index is 1.79. The minimum Gasteiger partial charge on any atom is -0.367 e. The van der Waals surface area contributed by atoms with Crippen molar-refractivity contribution in [2.75, 3.05) is 26.0 Å². The van der Waals surface area contributed by atoms with E-state index >= 15 is 0 Å². The first-order valence-corrected chi connectivity index (χ1v) is 8.19. The smallest absolute Gasteiger partial charge is 0.147 e. The lowest BCUT2D eigenvalue weighted by molar-refractivity contribution is 0.113. The topological polar surface area (TPSA) is 41.0 Å². The molecule has 0 saturated heterocycles. The number of nitrogens with zero attached hydrogens (tertiary/aromatic N) is 3. The number of rotatable bonds is 4. The first-order chi connectivity index (χ1) is 9.71. The molecule has 0 aromatic carbocycles. The highest BCUT2D eigenvalue weighted by atomic mass is 32.1. The molecule has 2 aromatic heterocycles. The molecule has 1 N–H and O–H groups in total. The Labute approximate surface area is 124 Å². The van der Waals surface area contributed by atoms with Crippen molar-refractivity contribution in [2.24, 2.45) is 0 Å². The molecule has 1 fully saturated rings. The zero-order chi connectivity index (χ0) is 14.0. The van der Waals surface area contributed by atoms with Crippen LogP contribution in [0.4, 0.5) is 5.82 Å². The molecule has 0 bridgehead atoms. The van der Waals surface area contributed by atoms with Gasteiger partial charge in [0, 0.05) is 12.1 Å². The molecule has 2 heterocycles. The van der Waals surface area contributed by atoms with E-state index in [1.807, 2.05) is 0 Å². The summed E-state index contributed by atoms with van der Waals surface area (Å²) in [5, 5.41) is 5.66. The normalized spacial score (nSPS) is 18.6. The van der Waals surface area contributed by atoms with Gasteiger partial charge in [0.05, 0.1) is 10.2 Å². The van der Waals surface area contributed by atoms with E-state index in [1.54, 1.807) is 17.7 Å². The molecule has 0 spiro atoms. The van der Waals surface area contributed by atoms with Crippen molar-refractivity contribution in [3.63, 3.8) is 0 Å². The first-order valence-electron chi connectivity index (χ1n) is 7.31. The molecule has 0 aliphatic heterocycles. The number of hydrogen-bond donors (Lipinski definition) is 1. The van der Waals surface area contributed by atoms with Crippen LogP contribution in [0.25, 0.3) is 10.2 Å². The van der Waals surface area contributed by atoms with Crippen molar-refractivity contribution in [3.05, 3.63) is 17.8 Å². The molecule has 1 aliphatic carbocycles. The second kappa shape index (κ2) is 5.66. The summed E-state index contributed by atoms with van der Waals surface area (Å²) in [6, 6.07) is 2.05. The number of nitrogens with one attached hydrogen (secondary N) is 1. The minimum atomic E-state index is 0.271. The third-order valence-corrected chi connectivity index (χ3v) is 5.47. The Morgan fingerprint density at radius 1 is 1.25 bits per heavy atom. The van der Waals surface area contributed by atoms with Crippen molar-refractivity contribution in [2.45, 2.75) is 37.6 Å². The van der Waals surface area contributed by atoms with E-state index in [0.717, 1.165) is 22.6 Å². The van der Waals surface area contributed by atoms with Crippen molar-refractivity contribution in [1.29, 1.82) is 0 Å². The van der Waals surface area contributed by atoms with Gasteiger partial charge < -0.3 is 10.2 Å². The lowest BCUT2D eigenvalue weighted by Gasteiger charge is -2.43. The fourth-order valence-electron chi connectivity index (χ4n) is 3.15. The predicted molar refractivity (Wildman–Crippen MR) is 85.4 cm³/mol. The van der Waals surface area contributed by atoms with Crippen LogP contribution < -0.4 is 5.32 Å². The Morgan fingerprint density at radius 2 is 2.05 bits per heavy atom. The zero-order valence-corrected chi connectivity index (χ0v) is 13.0. The Bertz CT molecular complexity index is 572. The van der Waals surface area contributed by atoms with Gasteiger partial charge in [-0.25, -0.2) is 9.97 Å². The molecule has 4 nitrogen and oxygen atoms in total. The second-order valence-electron chi connectivity index (χ2n) is 5.89. The summed E-state index contributed by atoms with van der Waals surface area (Å²) in [4.78, 5) is 11.1. The molecule has 2 aromatic rings. The van der Waals surface area contributed by atoms with Gasteiger partial charge in [0.25, 0.3) is 0 Å². The van der Waals surface area contributed by atoms with Crippen LogP contribution in [0.5, 0.6) is 0 Å². The third kappa shape index (κ3) is 2.52. The van der Waals surface area contributed by atoms with Gasteiger partial charge in [-0.3, -0.25) is 0 Å². The first kappa shape index (κ1) is 13.8. The molecular formula is C15H22N4S. The van der Waals surface area contributed by atoms with Crippen molar-refractivity contribution >= 4 is 27.4 Å². The standard InChI is InChI=1S/C15H22N4S/c1-19(2)15(7-4-3-5-8-15)10-16-14-13-12(6-9-20-13)17-11-18-14/h6,9,11H,3-5,7-8,10H2,1-2H3,(H,16,17,18). The van der Waals surface area contributed by atoms with E-state index in [-0.39, 0.29) is 5.54 Å². The third-order valence-electron chi connectivity index (χ3n) is 4.56. The maximum absolute atomic E-state index is 4.42. The fraction of sp³-hybridized carbons (Fsp3) is 0.600. The van der Waals surface area contributed by atoms with Crippen LogP contribution in [-0.4, -0.2) is 41.0 Å². The largest absolute Gasteiger partial charge is 0.367 e. The van der Waals surface area contributed by atoms with Crippen LogP contribution in [0.1, 0.15) is 32.1 Å². The van der Waals surface area contributed by atoms with Gasteiger partial charge in [-0.2, -0.15) is 0 Å². The number of hydrogen-bond acceptors (Lipinski definition) is 5. The minimum absolute atomic E-state index is 0.271. The van der Waals surface area contributed by atoms with Crippen LogP contribution in [-0.2, 0) is 0 Å². The van der Waals surface area contributed by atoms with E-state index < -0.39 is 0 Å². The van der Waals surface area contributed by atoms with Gasteiger partial charge in [-0.15, -0.1) is 11.3 Å². The molecule has 20 heavy (non-hydrogen) atoms. The number of anilines is 1. The highest BCUT2D eigenvalue weighted by Crippen LogP contribution is 2.33. The lowest BCUT2D eigenvalue weighted by Crippen LogP contribution is -2.51. The summed E-state index contributed by atoms with van der Waals surface area (Å²) in [5.74, 6) is 0.983. The monoisotopic (exact) mass is 290 g/mol. The SMILES string of the molecule is CN(C)C1(CNc2ncnc3ccsc23)CCCCC1. The van der Waals surface area contributed by atoms with E-state index in [2.05, 4.69) is 45.7 Å². The van der Waals surface area contributed by atoms with Crippen LogP contribution in [0.2, 0.25) is 0 Å². The number of thiophene rings is 1. The molecule has 108 valence electrons. The Kier molecular flexibility index (Phi) is 3.89. The van der Waals surface area contributed by atoms with Gasteiger partial charge in [0.2, 0.25) is 0 Å². The van der Waals surface area contributed by atoms with E-state index in [9.17, 15) is 0 Å². The highest BCUT2D eigenvalue weighted by Gasteiger charge is 2.34. The van der Waals surface area contributed by atoms with Gasteiger partial charge in [-0.1, -0.05) is 19.3 Å². The maximum Gasteiger partial charge on any atom is 0.147 e. The Hall–Kier alpha value is -1.20. The van der Waals surface area contributed by atoms with Crippen LogP contribution >= 0.6 is 11.3 Å². The Morgan fingerprint density at radius 3 is 2.80 bits per heavy atom. The molecule has 0 radical (unpaired) electrons. The predicted octanol–water partition coefficient (Wildman–Crippen LogP) is 3.37. The van der Waals surface area contributed by atoms with Crippen LogP contribution in [0, 0.1) is 0 Å². The maximum atomic E-state index is 4.42. The van der Waals surface area contributed by atoms with Gasteiger partial charge in [0.15, 0.2) is 0 Å². The van der Waals surface area contributed by atoms with Crippen molar-refractivity contribution < 1.29 is 0 Å². The molecular weight excluding hydrogens is 268 g/mol. The highest BCUT2D eigenvalue weighted by molar-refractivity contribution is 7.17. The summed E-state index contributed by atoms with van der Waals surface area (Å²) < 4.78 is 1.16. The summed E-state index contributed by atoms with van der Waals surface area (Å²) >= 11 is 1.71. The van der Waals surface area contributed by atoms with Crippen molar-refractivity contribution in [1.82, 2.24) is 14.9 Å². The zero-order valence-electron chi connectivity index (χ0n) is 12.2. The number of likely N-dealkylation sites (N-methyl/N-ethyl adjacent to an activating group) is 1. The molecule has 1 aliphatic rings. The van der Waals surface area contributed by atoms with Gasteiger partial charge in [-0.05, 0) is 38.4 Å². The van der Waals surface area contributed by atoms with E-state index in [1.165, 1.54) is 32.1 Å². The summed E-state index contributed by atoms with van der Waals surface area (Å²) in [6.45, 7) is 0.962. The average molecular weight is 290 g/mol. The number of aromatic nitrogens is 2. The summed E-state index contributed by atoms with van der Waals surface area (Å²) in [5.41, 5.74) is 1.31. The van der Waals surface area contributed by atoms with Gasteiger partial charge in [0.1, 0.15) is 12.1 Å². The molecule has 0 amide bonds. The average Bonchev–Trinajstić information content (AvgIpc) is 2.95. The van der Waals surface area contributed by atoms with Gasteiger partial charge >= 0.3 is 0 Å². The van der Waals surface area contributed by atoms with Crippen molar-refractivity contribution in [3.8, 4) is 0 Å². The molecule has 1 saturated carbocycles.